The third-order valence-corrected chi connectivity index (χ3v) is 3.24. The van der Waals surface area contributed by atoms with E-state index < -0.39 is 10.0 Å². The van der Waals surface area contributed by atoms with Crippen molar-refractivity contribution in [1.82, 2.24) is 10.2 Å². The molecule has 7 heteroatoms. The molecule has 2 aromatic rings. The van der Waals surface area contributed by atoms with E-state index in [9.17, 15) is 8.42 Å². The average molecular weight is 238 g/mol. The Morgan fingerprint density at radius 3 is 2.44 bits per heavy atom. The summed E-state index contributed by atoms with van der Waals surface area (Å²) in [5.74, 6) is 0. The first kappa shape index (κ1) is 10.5. The first-order chi connectivity index (χ1) is 7.58. The Labute approximate surface area is 92.5 Å². The molecule has 84 valence electrons. The average Bonchev–Trinajstić information content (AvgIpc) is 2.75. The molecule has 0 radical (unpaired) electrons. The third-order valence-electron chi connectivity index (χ3n) is 1.93. The number of nitrogen functional groups attached to an aromatic ring is 1. The number of benzene rings is 1. The molecule has 1 heterocycles. The zero-order valence-corrected chi connectivity index (χ0v) is 9.03. The Hall–Kier alpha value is -2.02. The number of anilines is 2. The van der Waals surface area contributed by atoms with E-state index in [2.05, 4.69) is 14.9 Å². The lowest BCUT2D eigenvalue weighted by Crippen LogP contribution is -2.13. The second kappa shape index (κ2) is 3.86. The van der Waals surface area contributed by atoms with Crippen molar-refractivity contribution in [2.45, 2.75) is 5.03 Å². The fourth-order valence-electron chi connectivity index (χ4n) is 1.15. The first-order valence-corrected chi connectivity index (χ1v) is 5.94. The summed E-state index contributed by atoms with van der Waals surface area (Å²) in [6.45, 7) is 0. The number of nitrogens with one attached hydrogen (secondary N) is 2. The molecule has 1 aromatic heterocycles. The van der Waals surface area contributed by atoms with Crippen LogP contribution >= 0.6 is 0 Å². The van der Waals surface area contributed by atoms with Crippen molar-refractivity contribution in [3.8, 4) is 0 Å². The number of nitrogens with zero attached hydrogens (tertiary/aromatic N) is 1. The fraction of sp³-hybridized carbons (Fsp3) is 0. The normalized spacial score (nSPS) is 11.2. The fourth-order valence-corrected chi connectivity index (χ4v) is 2.12. The maximum Gasteiger partial charge on any atom is 0.278 e. The Kier molecular flexibility index (Phi) is 2.53. The lowest BCUT2D eigenvalue weighted by molar-refractivity contribution is 0.597. The topological polar surface area (TPSA) is 101 Å². The van der Waals surface area contributed by atoms with Gasteiger partial charge in [0.2, 0.25) is 0 Å². The Balaban J connectivity index is 2.25. The minimum atomic E-state index is -3.59. The predicted octanol–water partition coefficient (Wildman–Crippen LogP) is 0.793. The summed E-state index contributed by atoms with van der Waals surface area (Å²) >= 11 is 0. The molecule has 0 spiro atoms. The number of hydrogen-bond acceptors (Lipinski definition) is 4. The van der Waals surface area contributed by atoms with Crippen LogP contribution in [0.15, 0.2) is 41.6 Å². The van der Waals surface area contributed by atoms with Gasteiger partial charge in [-0.3, -0.25) is 9.82 Å². The molecule has 0 saturated heterocycles. The van der Waals surface area contributed by atoms with Gasteiger partial charge in [0.25, 0.3) is 10.0 Å². The van der Waals surface area contributed by atoms with Crippen LogP contribution in [-0.4, -0.2) is 18.6 Å². The molecule has 0 aliphatic carbocycles. The highest BCUT2D eigenvalue weighted by molar-refractivity contribution is 7.92. The van der Waals surface area contributed by atoms with Crippen LogP contribution in [0.5, 0.6) is 0 Å². The Morgan fingerprint density at radius 2 is 1.88 bits per heavy atom. The van der Waals surface area contributed by atoms with Gasteiger partial charge in [0, 0.05) is 11.4 Å². The minimum absolute atomic E-state index is 0.0179. The van der Waals surface area contributed by atoms with E-state index in [4.69, 9.17) is 5.73 Å². The number of rotatable bonds is 3. The molecular formula is C9H10N4O2S. The second-order valence-corrected chi connectivity index (χ2v) is 4.80. The summed E-state index contributed by atoms with van der Waals surface area (Å²) < 4.78 is 25.9. The molecule has 0 bridgehead atoms. The van der Waals surface area contributed by atoms with Crippen molar-refractivity contribution < 1.29 is 8.42 Å². The first-order valence-electron chi connectivity index (χ1n) is 4.46. The van der Waals surface area contributed by atoms with Gasteiger partial charge in [-0.25, -0.2) is 0 Å². The number of hydrogen-bond donors (Lipinski definition) is 3. The molecule has 0 unspecified atom stereocenters. The van der Waals surface area contributed by atoms with Crippen LogP contribution in [0.4, 0.5) is 11.4 Å². The van der Waals surface area contributed by atoms with Crippen molar-refractivity contribution >= 4 is 21.4 Å². The van der Waals surface area contributed by atoms with Gasteiger partial charge >= 0.3 is 0 Å². The van der Waals surface area contributed by atoms with Crippen LogP contribution in [0.2, 0.25) is 0 Å². The summed E-state index contributed by atoms with van der Waals surface area (Å²) in [5, 5.41) is 5.98. The highest BCUT2D eigenvalue weighted by Gasteiger charge is 2.14. The molecule has 0 aliphatic heterocycles. The highest BCUT2D eigenvalue weighted by atomic mass is 32.2. The molecule has 0 saturated carbocycles. The maximum atomic E-state index is 11.7. The third kappa shape index (κ3) is 2.14. The summed E-state index contributed by atoms with van der Waals surface area (Å²) in [5.41, 5.74) is 6.51. The van der Waals surface area contributed by atoms with Crippen LogP contribution in [0.25, 0.3) is 0 Å². The van der Waals surface area contributed by atoms with Crippen LogP contribution < -0.4 is 10.5 Å². The van der Waals surface area contributed by atoms with Crippen LogP contribution in [0, 0.1) is 0 Å². The number of sulfonamides is 1. The number of aromatic amines is 1. The van der Waals surface area contributed by atoms with Gasteiger partial charge < -0.3 is 5.73 Å². The monoisotopic (exact) mass is 238 g/mol. The van der Waals surface area contributed by atoms with E-state index in [0.29, 0.717) is 11.4 Å². The van der Waals surface area contributed by atoms with Crippen molar-refractivity contribution in [3.63, 3.8) is 0 Å². The second-order valence-electron chi connectivity index (χ2n) is 3.15. The van der Waals surface area contributed by atoms with Gasteiger partial charge in [-0.2, -0.15) is 13.5 Å². The zero-order valence-electron chi connectivity index (χ0n) is 8.21. The van der Waals surface area contributed by atoms with Crippen molar-refractivity contribution in [2.75, 3.05) is 10.5 Å². The van der Waals surface area contributed by atoms with E-state index in [-0.39, 0.29) is 5.03 Å². The van der Waals surface area contributed by atoms with Crippen molar-refractivity contribution in [2.24, 2.45) is 0 Å². The number of nitrogens with two attached hydrogens (primary N) is 1. The van der Waals surface area contributed by atoms with Gasteiger partial charge in [-0.1, -0.05) is 0 Å². The molecule has 1 aromatic carbocycles. The van der Waals surface area contributed by atoms with Gasteiger partial charge in [-0.05, 0) is 30.3 Å². The van der Waals surface area contributed by atoms with Gasteiger partial charge in [0.1, 0.15) is 0 Å². The lowest BCUT2D eigenvalue weighted by atomic mass is 10.3. The van der Waals surface area contributed by atoms with E-state index in [1.807, 2.05) is 0 Å². The van der Waals surface area contributed by atoms with E-state index in [0.717, 1.165) is 0 Å². The van der Waals surface area contributed by atoms with Gasteiger partial charge in [-0.15, -0.1) is 0 Å². The summed E-state index contributed by atoms with van der Waals surface area (Å²) in [6, 6.07) is 7.78. The van der Waals surface area contributed by atoms with E-state index >= 15 is 0 Å². The van der Waals surface area contributed by atoms with Crippen molar-refractivity contribution in [1.29, 1.82) is 0 Å². The maximum absolute atomic E-state index is 11.7. The van der Waals surface area contributed by atoms with Crippen LogP contribution in [0.3, 0.4) is 0 Å². The molecule has 4 N–H and O–H groups in total. The Morgan fingerprint density at radius 1 is 1.19 bits per heavy atom. The largest absolute Gasteiger partial charge is 0.399 e. The molecule has 0 amide bonds. The number of aromatic nitrogens is 2. The van der Waals surface area contributed by atoms with Gasteiger partial charge in [0.05, 0.1) is 6.20 Å². The van der Waals surface area contributed by atoms with E-state index in [1.165, 1.54) is 12.3 Å². The molecule has 2 rings (SSSR count). The standard InChI is InChI=1S/C9H10N4O2S/c10-7-1-3-8(4-2-7)13-16(14,15)9-5-6-11-12-9/h1-6,13H,10H2,(H,11,12). The molecule has 0 aliphatic rings. The number of H-pyrrole nitrogens is 1. The smallest absolute Gasteiger partial charge is 0.278 e. The molecule has 0 atom stereocenters. The van der Waals surface area contributed by atoms with Crippen LogP contribution in [-0.2, 0) is 10.0 Å². The Bertz CT molecular complexity index is 560. The highest BCUT2D eigenvalue weighted by Crippen LogP contribution is 2.15. The summed E-state index contributed by atoms with van der Waals surface area (Å²) in [4.78, 5) is 0. The van der Waals surface area contributed by atoms with Gasteiger partial charge in [0.15, 0.2) is 5.03 Å². The molecule has 0 fully saturated rings. The quantitative estimate of drug-likeness (QED) is 0.688. The minimum Gasteiger partial charge on any atom is -0.399 e. The van der Waals surface area contributed by atoms with Crippen LogP contribution in [0.1, 0.15) is 0 Å². The van der Waals surface area contributed by atoms with E-state index in [1.54, 1.807) is 24.3 Å². The molecule has 6 nitrogen and oxygen atoms in total. The predicted molar refractivity (Wildman–Crippen MR) is 60.3 cm³/mol. The van der Waals surface area contributed by atoms with Crippen molar-refractivity contribution in [3.05, 3.63) is 36.5 Å². The SMILES string of the molecule is Nc1ccc(NS(=O)(=O)c2ccn[nH]2)cc1. The molecule has 16 heavy (non-hydrogen) atoms. The summed E-state index contributed by atoms with van der Waals surface area (Å²) in [6.07, 6.45) is 1.37. The summed E-state index contributed by atoms with van der Waals surface area (Å²) in [7, 11) is -3.59. The molecular weight excluding hydrogens is 228 g/mol. The lowest BCUT2D eigenvalue weighted by Gasteiger charge is -2.05. The zero-order chi connectivity index (χ0) is 11.6.